The molecule has 1 fully saturated rings. The van der Waals surface area contributed by atoms with Crippen LogP contribution in [0.15, 0.2) is 47.7 Å². The fraction of sp³-hybridized carbons (Fsp3) is 0.500. The molecule has 3 rings (SSSR count). The number of halogens is 3. The molecular formula is C20H26F3N5. The molecule has 1 aliphatic rings. The Kier molecular flexibility index (Phi) is 6.26. The summed E-state index contributed by atoms with van der Waals surface area (Å²) in [5.74, 6) is 0.665. The third-order valence-electron chi connectivity index (χ3n) is 5.35. The largest absolute Gasteiger partial charge is 0.416 e. The summed E-state index contributed by atoms with van der Waals surface area (Å²) >= 11 is 0. The summed E-state index contributed by atoms with van der Waals surface area (Å²) in [7, 11) is 1.69. The van der Waals surface area contributed by atoms with Crippen LogP contribution in [0.25, 0.3) is 0 Å². The van der Waals surface area contributed by atoms with Gasteiger partial charge in [0.1, 0.15) is 0 Å². The third kappa shape index (κ3) is 4.85. The van der Waals surface area contributed by atoms with E-state index in [1.807, 2.05) is 16.9 Å². The highest BCUT2D eigenvalue weighted by atomic mass is 19.4. The number of aliphatic imine (C=N–C) groups is 1. The van der Waals surface area contributed by atoms with Crippen molar-refractivity contribution in [2.75, 3.05) is 20.1 Å². The van der Waals surface area contributed by atoms with E-state index in [1.54, 1.807) is 19.3 Å². The number of alkyl halides is 3. The summed E-state index contributed by atoms with van der Waals surface area (Å²) in [6.07, 6.45) is 3.01. The fourth-order valence-corrected chi connectivity index (χ4v) is 3.55. The molecule has 8 heteroatoms. The number of aromatic nitrogens is 2. The van der Waals surface area contributed by atoms with Crippen molar-refractivity contribution in [3.63, 3.8) is 0 Å². The average Bonchev–Trinajstić information content (AvgIpc) is 3.15. The van der Waals surface area contributed by atoms with Crippen molar-refractivity contribution in [3.8, 4) is 0 Å². The van der Waals surface area contributed by atoms with Crippen LogP contribution in [0.5, 0.6) is 0 Å². The van der Waals surface area contributed by atoms with Gasteiger partial charge in [0.2, 0.25) is 0 Å². The zero-order valence-corrected chi connectivity index (χ0v) is 16.0. The Balaban J connectivity index is 1.55. The molecule has 0 atom stereocenters. The molecule has 28 heavy (non-hydrogen) atoms. The van der Waals surface area contributed by atoms with E-state index >= 15 is 0 Å². The van der Waals surface area contributed by atoms with E-state index in [-0.39, 0.29) is 5.41 Å². The summed E-state index contributed by atoms with van der Waals surface area (Å²) in [4.78, 5) is 4.23. The molecular weight excluding hydrogens is 367 g/mol. The molecule has 2 aromatic rings. The molecule has 1 aromatic heterocycles. The first-order valence-electron chi connectivity index (χ1n) is 9.53. The monoisotopic (exact) mass is 393 g/mol. The topological polar surface area (TPSA) is 54.2 Å². The standard InChI is InChI=1S/C20H26F3N5/c1-24-18(25-10-4-12-28-13-5-11-27-28)26-15-19(8-3-9-19)16-6-2-7-17(14-16)20(21,22)23/h2,5-7,11,13-14H,3-4,8-10,12,15H2,1H3,(H2,24,25,26). The van der Waals surface area contributed by atoms with Crippen LogP contribution >= 0.6 is 0 Å². The Labute approximate surface area is 163 Å². The summed E-state index contributed by atoms with van der Waals surface area (Å²) in [6, 6.07) is 7.61. The number of nitrogens with one attached hydrogen (secondary N) is 2. The second kappa shape index (κ2) is 8.67. The van der Waals surface area contributed by atoms with Gasteiger partial charge in [0, 0.05) is 44.5 Å². The lowest BCUT2D eigenvalue weighted by Crippen LogP contribution is -2.49. The number of benzene rings is 1. The minimum atomic E-state index is -4.32. The second-order valence-electron chi connectivity index (χ2n) is 7.19. The van der Waals surface area contributed by atoms with E-state index in [1.165, 1.54) is 12.1 Å². The number of hydrogen-bond acceptors (Lipinski definition) is 2. The zero-order chi connectivity index (χ0) is 20.0. The maximum atomic E-state index is 13.1. The van der Waals surface area contributed by atoms with Crippen molar-refractivity contribution in [2.24, 2.45) is 4.99 Å². The van der Waals surface area contributed by atoms with E-state index in [4.69, 9.17) is 0 Å². The minimum Gasteiger partial charge on any atom is -0.356 e. The molecule has 1 saturated carbocycles. The maximum Gasteiger partial charge on any atom is 0.416 e. The molecule has 0 radical (unpaired) electrons. The van der Waals surface area contributed by atoms with E-state index in [9.17, 15) is 13.2 Å². The first-order valence-corrected chi connectivity index (χ1v) is 9.53. The second-order valence-corrected chi connectivity index (χ2v) is 7.19. The van der Waals surface area contributed by atoms with Gasteiger partial charge in [0.15, 0.2) is 5.96 Å². The lowest BCUT2D eigenvalue weighted by atomic mass is 9.64. The van der Waals surface area contributed by atoms with Gasteiger partial charge >= 0.3 is 6.18 Å². The Morgan fingerprint density at radius 1 is 1.25 bits per heavy atom. The van der Waals surface area contributed by atoms with Crippen molar-refractivity contribution < 1.29 is 13.2 Å². The Morgan fingerprint density at radius 2 is 2.07 bits per heavy atom. The SMILES string of the molecule is CN=C(NCCCn1cccn1)NCC1(c2cccc(C(F)(F)F)c2)CCC1. The number of hydrogen-bond donors (Lipinski definition) is 2. The smallest absolute Gasteiger partial charge is 0.356 e. The van der Waals surface area contributed by atoms with E-state index < -0.39 is 11.7 Å². The third-order valence-corrected chi connectivity index (χ3v) is 5.35. The molecule has 0 unspecified atom stereocenters. The van der Waals surface area contributed by atoms with Crippen molar-refractivity contribution >= 4 is 5.96 Å². The van der Waals surface area contributed by atoms with Crippen LogP contribution < -0.4 is 10.6 Å². The van der Waals surface area contributed by atoms with Crippen molar-refractivity contribution in [1.29, 1.82) is 0 Å². The van der Waals surface area contributed by atoms with Crippen LogP contribution in [0.4, 0.5) is 13.2 Å². The van der Waals surface area contributed by atoms with Gasteiger partial charge in [-0.15, -0.1) is 0 Å². The molecule has 0 amide bonds. The van der Waals surface area contributed by atoms with Gasteiger partial charge in [-0.3, -0.25) is 9.67 Å². The molecule has 1 heterocycles. The predicted octanol–water partition coefficient (Wildman–Crippen LogP) is 3.58. The highest BCUT2D eigenvalue weighted by molar-refractivity contribution is 5.79. The molecule has 152 valence electrons. The van der Waals surface area contributed by atoms with Gasteiger partial charge in [-0.2, -0.15) is 18.3 Å². The first-order chi connectivity index (χ1) is 13.4. The fourth-order valence-electron chi connectivity index (χ4n) is 3.55. The Bertz CT molecular complexity index is 779. The first kappa shape index (κ1) is 20.2. The summed E-state index contributed by atoms with van der Waals surface area (Å²) in [5, 5.41) is 10.7. The van der Waals surface area contributed by atoms with Gasteiger partial charge in [0.05, 0.1) is 5.56 Å². The summed E-state index contributed by atoms with van der Waals surface area (Å²) in [6.45, 7) is 2.11. The molecule has 5 nitrogen and oxygen atoms in total. The molecule has 0 spiro atoms. The van der Waals surface area contributed by atoms with Gasteiger partial charge in [-0.25, -0.2) is 0 Å². The normalized spacial score (nSPS) is 16.5. The van der Waals surface area contributed by atoms with Gasteiger partial charge < -0.3 is 10.6 Å². The molecule has 0 bridgehead atoms. The van der Waals surface area contributed by atoms with Crippen LogP contribution in [-0.2, 0) is 18.1 Å². The molecule has 1 aliphatic carbocycles. The van der Waals surface area contributed by atoms with Crippen LogP contribution in [0.1, 0.15) is 36.8 Å². The van der Waals surface area contributed by atoms with Crippen LogP contribution in [0.3, 0.4) is 0 Å². The zero-order valence-electron chi connectivity index (χ0n) is 16.0. The number of guanidine groups is 1. The van der Waals surface area contributed by atoms with Crippen molar-refractivity contribution in [3.05, 3.63) is 53.9 Å². The van der Waals surface area contributed by atoms with Gasteiger partial charge in [-0.05, 0) is 37.0 Å². The number of aryl methyl sites for hydroxylation is 1. The lowest BCUT2D eigenvalue weighted by molar-refractivity contribution is -0.137. The van der Waals surface area contributed by atoms with Crippen LogP contribution in [0, 0.1) is 0 Å². The van der Waals surface area contributed by atoms with Crippen LogP contribution in [0.2, 0.25) is 0 Å². The predicted molar refractivity (Wildman–Crippen MR) is 103 cm³/mol. The molecule has 0 aliphatic heterocycles. The van der Waals surface area contributed by atoms with Crippen molar-refractivity contribution in [2.45, 2.75) is 43.8 Å². The van der Waals surface area contributed by atoms with Crippen molar-refractivity contribution in [1.82, 2.24) is 20.4 Å². The average molecular weight is 393 g/mol. The summed E-state index contributed by atoms with van der Waals surface area (Å²) < 4.78 is 41.1. The van der Waals surface area contributed by atoms with Gasteiger partial charge in [0.25, 0.3) is 0 Å². The molecule has 0 saturated heterocycles. The highest BCUT2D eigenvalue weighted by Crippen LogP contribution is 2.44. The Hall–Kier alpha value is -2.51. The Morgan fingerprint density at radius 3 is 2.68 bits per heavy atom. The van der Waals surface area contributed by atoms with E-state index in [0.717, 1.165) is 50.4 Å². The van der Waals surface area contributed by atoms with Gasteiger partial charge in [-0.1, -0.05) is 24.6 Å². The highest BCUT2D eigenvalue weighted by Gasteiger charge is 2.40. The van der Waals surface area contributed by atoms with E-state index in [2.05, 4.69) is 20.7 Å². The molecule has 2 N–H and O–H groups in total. The maximum absolute atomic E-state index is 13.1. The molecule has 1 aromatic carbocycles. The van der Waals surface area contributed by atoms with Crippen LogP contribution in [-0.4, -0.2) is 35.9 Å². The minimum absolute atomic E-state index is 0.270. The quantitative estimate of drug-likeness (QED) is 0.430. The number of rotatable bonds is 7. The summed E-state index contributed by atoms with van der Waals surface area (Å²) in [5.41, 5.74) is -0.110. The number of nitrogens with zero attached hydrogens (tertiary/aromatic N) is 3. The van der Waals surface area contributed by atoms with E-state index in [0.29, 0.717) is 12.5 Å². The lowest BCUT2D eigenvalue weighted by Gasteiger charge is -2.43.